The molecular weight excluding hydrogens is 274 g/mol. The van der Waals surface area contributed by atoms with E-state index in [1.54, 1.807) is 6.92 Å². The van der Waals surface area contributed by atoms with Gasteiger partial charge in [0.1, 0.15) is 0 Å². The van der Waals surface area contributed by atoms with Gasteiger partial charge in [0.15, 0.2) is 0 Å². The van der Waals surface area contributed by atoms with Crippen LogP contribution in [0.25, 0.3) is 0 Å². The first-order valence-corrected chi connectivity index (χ1v) is 9.13. The summed E-state index contributed by atoms with van der Waals surface area (Å²) in [6.45, 7) is 15.1. The van der Waals surface area contributed by atoms with Gasteiger partial charge >= 0.3 is 5.97 Å². The molecule has 3 nitrogen and oxygen atoms in total. The Labute approximate surface area is 138 Å². The number of ether oxygens (including phenoxy) is 1. The topological polar surface area (TPSA) is 29.5 Å². The predicted molar refractivity (Wildman–Crippen MR) is 95.1 cm³/mol. The van der Waals surface area contributed by atoms with Crippen molar-refractivity contribution < 1.29 is 9.53 Å². The van der Waals surface area contributed by atoms with Crippen LogP contribution >= 0.6 is 0 Å². The van der Waals surface area contributed by atoms with Crippen LogP contribution < -0.4 is 0 Å². The first-order valence-electron chi connectivity index (χ1n) is 9.13. The van der Waals surface area contributed by atoms with E-state index in [2.05, 4.69) is 32.3 Å². The third-order valence-electron chi connectivity index (χ3n) is 4.02. The van der Waals surface area contributed by atoms with E-state index in [0.29, 0.717) is 12.2 Å². The van der Waals surface area contributed by atoms with Crippen LogP contribution in [0.1, 0.15) is 79.1 Å². The van der Waals surface area contributed by atoms with Gasteiger partial charge in [0.25, 0.3) is 0 Å². The molecule has 0 radical (unpaired) electrons. The number of unbranched alkanes of at least 4 members (excludes halogenated alkanes) is 3. The molecule has 0 fully saturated rings. The minimum Gasteiger partial charge on any atom is -0.462 e. The van der Waals surface area contributed by atoms with E-state index < -0.39 is 0 Å². The molecule has 0 amide bonds. The Hall–Kier alpha value is -0.830. The van der Waals surface area contributed by atoms with E-state index in [1.165, 1.54) is 51.6 Å². The van der Waals surface area contributed by atoms with Gasteiger partial charge in [-0.15, -0.1) is 0 Å². The number of rotatable bonds is 14. The Morgan fingerprint density at radius 2 is 1.64 bits per heavy atom. The molecule has 0 heterocycles. The highest BCUT2D eigenvalue weighted by atomic mass is 16.5. The maximum atomic E-state index is 11.2. The van der Waals surface area contributed by atoms with E-state index in [-0.39, 0.29) is 5.97 Å². The number of carbonyl (C=O) groups is 1. The summed E-state index contributed by atoms with van der Waals surface area (Å²) < 4.78 is 5.11. The van der Waals surface area contributed by atoms with Crippen LogP contribution in [0.2, 0.25) is 0 Å². The van der Waals surface area contributed by atoms with Crippen molar-refractivity contribution in [1.29, 1.82) is 0 Å². The predicted octanol–water partition coefficient (Wildman–Crippen LogP) is 4.96. The maximum Gasteiger partial charge on any atom is 0.333 e. The molecule has 0 aromatic heterocycles. The van der Waals surface area contributed by atoms with E-state index in [4.69, 9.17) is 4.74 Å². The highest BCUT2D eigenvalue weighted by Gasteiger charge is 2.14. The minimum atomic E-state index is -0.263. The summed E-state index contributed by atoms with van der Waals surface area (Å²) in [6.07, 6.45) is 9.63. The van der Waals surface area contributed by atoms with Crippen molar-refractivity contribution in [3.05, 3.63) is 12.2 Å². The molecule has 0 bridgehead atoms. The van der Waals surface area contributed by atoms with Crippen molar-refractivity contribution in [2.24, 2.45) is 0 Å². The van der Waals surface area contributed by atoms with Gasteiger partial charge in [-0.3, -0.25) is 0 Å². The summed E-state index contributed by atoms with van der Waals surface area (Å²) in [6, 6.07) is 0.737. The third-order valence-corrected chi connectivity index (χ3v) is 4.02. The molecule has 0 aromatic rings. The molecule has 0 N–H and O–H groups in total. The zero-order chi connectivity index (χ0) is 16.8. The van der Waals surface area contributed by atoms with Gasteiger partial charge in [0, 0.05) is 11.6 Å². The normalized spacial score (nSPS) is 12.4. The van der Waals surface area contributed by atoms with Crippen LogP contribution in [0.15, 0.2) is 12.2 Å². The smallest absolute Gasteiger partial charge is 0.333 e. The fraction of sp³-hybridized carbons (Fsp3) is 0.842. The standard InChI is InChI=1S/C19H37NO2/c1-6-14-20(15-7-2)18(8-3)13-11-9-10-12-16-22-19(21)17(4)5/h18H,4,6-16H2,1-3,5H3. The molecule has 1 atom stereocenters. The molecule has 0 aliphatic heterocycles. The van der Waals surface area contributed by atoms with Crippen LogP contribution in [0.3, 0.4) is 0 Å². The van der Waals surface area contributed by atoms with Crippen molar-refractivity contribution in [3.63, 3.8) is 0 Å². The van der Waals surface area contributed by atoms with Crippen LogP contribution in [0.4, 0.5) is 0 Å². The van der Waals surface area contributed by atoms with Gasteiger partial charge in [0.2, 0.25) is 0 Å². The largest absolute Gasteiger partial charge is 0.462 e. The number of hydrogen-bond donors (Lipinski definition) is 0. The molecule has 0 aromatic carbocycles. The molecule has 22 heavy (non-hydrogen) atoms. The summed E-state index contributed by atoms with van der Waals surface area (Å²) in [5.74, 6) is -0.263. The van der Waals surface area contributed by atoms with Crippen LogP contribution in [-0.2, 0) is 9.53 Å². The van der Waals surface area contributed by atoms with Gasteiger partial charge in [0.05, 0.1) is 6.61 Å². The maximum absolute atomic E-state index is 11.2. The molecule has 0 spiro atoms. The van der Waals surface area contributed by atoms with E-state index in [0.717, 1.165) is 18.9 Å². The van der Waals surface area contributed by atoms with Crippen molar-refractivity contribution in [2.45, 2.75) is 85.1 Å². The molecule has 0 saturated carbocycles. The fourth-order valence-corrected chi connectivity index (χ4v) is 2.82. The number of esters is 1. The Morgan fingerprint density at radius 1 is 1.05 bits per heavy atom. The lowest BCUT2D eigenvalue weighted by molar-refractivity contribution is -0.139. The first-order chi connectivity index (χ1) is 10.6. The summed E-state index contributed by atoms with van der Waals surface area (Å²) in [5.41, 5.74) is 0.484. The van der Waals surface area contributed by atoms with Crippen LogP contribution in [-0.4, -0.2) is 36.6 Å². The fourth-order valence-electron chi connectivity index (χ4n) is 2.82. The van der Waals surface area contributed by atoms with Gasteiger partial charge in [-0.25, -0.2) is 4.79 Å². The summed E-state index contributed by atoms with van der Waals surface area (Å²) in [4.78, 5) is 13.9. The molecule has 130 valence electrons. The lowest BCUT2D eigenvalue weighted by Crippen LogP contribution is -2.36. The third kappa shape index (κ3) is 9.99. The molecular formula is C19H37NO2. The van der Waals surface area contributed by atoms with Gasteiger partial charge in [-0.05, 0) is 52.1 Å². The zero-order valence-corrected chi connectivity index (χ0v) is 15.3. The molecule has 0 aliphatic carbocycles. The lowest BCUT2D eigenvalue weighted by Gasteiger charge is -2.30. The zero-order valence-electron chi connectivity index (χ0n) is 15.3. The van der Waals surface area contributed by atoms with E-state index in [9.17, 15) is 4.79 Å². The molecule has 0 saturated heterocycles. The molecule has 0 aliphatic rings. The van der Waals surface area contributed by atoms with Gasteiger partial charge in [-0.1, -0.05) is 46.6 Å². The Bertz CT molecular complexity index is 296. The molecule has 3 heteroatoms. The Balaban J connectivity index is 3.77. The monoisotopic (exact) mass is 311 g/mol. The summed E-state index contributed by atoms with van der Waals surface area (Å²) >= 11 is 0. The van der Waals surface area contributed by atoms with Crippen molar-refractivity contribution >= 4 is 5.97 Å². The average Bonchev–Trinajstić information content (AvgIpc) is 2.49. The Kier molecular flexibility index (Phi) is 13.3. The second-order valence-corrected chi connectivity index (χ2v) is 6.22. The highest BCUT2D eigenvalue weighted by Crippen LogP contribution is 2.15. The number of hydrogen-bond acceptors (Lipinski definition) is 3. The minimum absolute atomic E-state index is 0.263. The van der Waals surface area contributed by atoms with Gasteiger partial charge < -0.3 is 9.64 Å². The number of carbonyl (C=O) groups excluding carboxylic acids is 1. The lowest BCUT2D eigenvalue weighted by atomic mass is 10.0. The summed E-state index contributed by atoms with van der Waals surface area (Å²) in [5, 5.41) is 0. The number of nitrogens with zero attached hydrogens (tertiary/aromatic N) is 1. The molecule has 0 rings (SSSR count). The SMILES string of the molecule is C=C(C)C(=O)OCCCCCCC(CC)N(CCC)CCC. The molecule has 1 unspecified atom stereocenters. The second-order valence-electron chi connectivity index (χ2n) is 6.22. The van der Waals surface area contributed by atoms with Crippen LogP contribution in [0.5, 0.6) is 0 Å². The Morgan fingerprint density at radius 3 is 2.14 bits per heavy atom. The van der Waals surface area contributed by atoms with E-state index in [1.807, 2.05) is 0 Å². The first kappa shape index (κ1) is 21.2. The van der Waals surface area contributed by atoms with Crippen LogP contribution in [0, 0.1) is 0 Å². The van der Waals surface area contributed by atoms with Crippen molar-refractivity contribution in [2.75, 3.05) is 19.7 Å². The highest BCUT2D eigenvalue weighted by molar-refractivity contribution is 5.86. The quantitative estimate of drug-likeness (QED) is 0.258. The van der Waals surface area contributed by atoms with Crippen molar-refractivity contribution in [3.8, 4) is 0 Å². The second kappa shape index (κ2) is 13.8. The van der Waals surface area contributed by atoms with Crippen molar-refractivity contribution in [1.82, 2.24) is 4.90 Å². The van der Waals surface area contributed by atoms with E-state index >= 15 is 0 Å². The van der Waals surface area contributed by atoms with Gasteiger partial charge in [-0.2, -0.15) is 0 Å². The summed E-state index contributed by atoms with van der Waals surface area (Å²) in [7, 11) is 0. The average molecular weight is 312 g/mol.